The molecule has 1 aromatic carbocycles. The summed E-state index contributed by atoms with van der Waals surface area (Å²) in [6.45, 7) is 3.93. The molecule has 0 aliphatic rings. The lowest BCUT2D eigenvalue weighted by molar-refractivity contribution is 0.397. The molecule has 0 bridgehead atoms. The fourth-order valence-electron chi connectivity index (χ4n) is 2.40. The Morgan fingerprint density at radius 3 is 2.67 bits per heavy atom. The Bertz CT molecular complexity index is 806. The van der Waals surface area contributed by atoms with Crippen molar-refractivity contribution in [2.24, 2.45) is 0 Å². The van der Waals surface area contributed by atoms with Crippen molar-refractivity contribution in [2.45, 2.75) is 26.3 Å². The summed E-state index contributed by atoms with van der Waals surface area (Å²) in [6, 6.07) is 9.65. The number of aromatic nitrogens is 1. The zero-order chi connectivity index (χ0) is 17.7. The lowest BCUT2D eigenvalue weighted by Gasteiger charge is -2.17. The number of nitrogens with zero attached hydrogens (tertiary/aromatic N) is 1. The first-order valence-corrected chi connectivity index (χ1v) is 9.50. The quantitative estimate of drug-likeness (QED) is 0.803. The van der Waals surface area contributed by atoms with Gasteiger partial charge in [-0.05, 0) is 49.6 Å². The minimum Gasteiger partial charge on any atom is -0.481 e. The molecule has 0 amide bonds. The van der Waals surface area contributed by atoms with E-state index in [4.69, 9.17) is 4.74 Å². The van der Waals surface area contributed by atoms with Crippen LogP contribution in [0.2, 0.25) is 0 Å². The molecule has 0 saturated heterocycles. The normalized spacial score (nSPS) is 12.5. The molecule has 0 radical (unpaired) electrons. The van der Waals surface area contributed by atoms with E-state index in [1.165, 1.54) is 0 Å². The summed E-state index contributed by atoms with van der Waals surface area (Å²) in [5.74, 6) is 0.592. The van der Waals surface area contributed by atoms with E-state index >= 15 is 0 Å². The molecule has 24 heavy (non-hydrogen) atoms. The molecule has 0 spiro atoms. The molecule has 6 nitrogen and oxygen atoms in total. The minimum absolute atomic E-state index is 0.158. The highest BCUT2D eigenvalue weighted by Crippen LogP contribution is 2.22. The first kappa shape index (κ1) is 18.1. The number of pyridine rings is 1. The Morgan fingerprint density at radius 1 is 1.25 bits per heavy atom. The number of anilines is 2. The van der Waals surface area contributed by atoms with Gasteiger partial charge in [0.25, 0.3) is 0 Å². The summed E-state index contributed by atoms with van der Waals surface area (Å²) in [6.07, 6.45) is 3.66. The Hall–Kier alpha value is -2.28. The molecule has 1 atom stereocenters. The second-order valence-electron chi connectivity index (χ2n) is 5.86. The van der Waals surface area contributed by atoms with E-state index < -0.39 is 10.0 Å². The van der Waals surface area contributed by atoms with Crippen molar-refractivity contribution in [3.63, 3.8) is 0 Å². The van der Waals surface area contributed by atoms with Crippen LogP contribution in [0.1, 0.15) is 18.1 Å². The molecular weight excluding hydrogens is 326 g/mol. The number of nitrogens with one attached hydrogen (secondary N) is 2. The number of hydrogen-bond donors (Lipinski definition) is 2. The Morgan fingerprint density at radius 2 is 2.00 bits per heavy atom. The monoisotopic (exact) mass is 349 g/mol. The number of ether oxygens (including phenoxy) is 1. The predicted octanol–water partition coefficient (Wildman–Crippen LogP) is 2.81. The molecule has 2 N–H and O–H groups in total. The van der Waals surface area contributed by atoms with Gasteiger partial charge < -0.3 is 10.1 Å². The zero-order valence-corrected chi connectivity index (χ0v) is 15.1. The van der Waals surface area contributed by atoms with Crippen LogP contribution < -0.4 is 14.8 Å². The smallest absolute Gasteiger partial charge is 0.229 e. The van der Waals surface area contributed by atoms with E-state index in [2.05, 4.69) is 21.9 Å². The van der Waals surface area contributed by atoms with Gasteiger partial charge in [-0.1, -0.05) is 6.07 Å². The van der Waals surface area contributed by atoms with Crippen molar-refractivity contribution < 1.29 is 13.2 Å². The van der Waals surface area contributed by atoms with Gasteiger partial charge in [-0.3, -0.25) is 4.72 Å². The number of hydrogen-bond acceptors (Lipinski definition) is 5. The van der Waals surface area contributed by atoms with Gasteiger partial charge >= 0.3 is 0 Å². The van der Waals surface area contributed by atoms with E-state index in [1.807, 2.05) is 31.2 Å². The van der Waals surface area contributed by atoms with Crippen molar-refractivity contribution in [3.8, 4) is 5.88 Å². The Balaban J connectivity index is 2.08. The van der Waals surface area contributed by atoms with E-state index in [1.54, 1.807) is 19.4 Å². The van der Waals surface area contributed by atoms with Crippen LogP contribution in [0.5, 0.6) is 5.88 Å². The molecule has 0 fully saturated rings. The predicted molar refractivity (Wildman–Crippen MR) is 97.2 cm³/mol. The summed E-state index contributed by atoms with van der Waals surface area (Å²) in [5, 5.41) is 3.39. The molecule has 2 aromatic rings. The highest BCUT2D eigenvalue weighted by Gasteiger charge is 2.09. The molecule has 0 aliphatic heterocycles. The lowest BCUT2D eigenvalue weighted by atomic mass is 10.1. The minimum atomic E-state index is -3.30. The maximum Gasteiger partial charge on any atom is 0.229 e. The fraction of sp³-hybridized carbons (Fsp3) is 0.353. The lowest BCUT2D eigenvalue weighted by Crippen LogP contribution is -2.18. The van der Waals surface area contributed by atoms with Crippen LogP contribution in [-0.4, -0.2) is 32.8 Å². The first-order valence-electron chi connectivity index (χ1n) is 7.61. The largest absolute Gasteiger partial charge is 0.481 e. The highest BCUT2D eigenvalue weighted by molar-refractivity contribution is 7.92. The van der Waals surface area contributed by atoms with Gasteiger partial charge in [0, 0.05) is 24.0 Å². The Kier molecular flexibility index (Phi) is 5.66. The van der Waals surface area contributed by atoms with Gasteiger partial charge in [0.1, 0.15) is 0 Å². The number of rotatable bonds is 7. The van der Waals surface area contributed by atoms with Gasteiger partial charge in [0.15, 0.2) is 0 Å². The average Bonchev–Trinajstić information content (AvgIpc) is 2.49. The molecule has 7 heteroatoms. The molecule has 0 unspecified atom stereocenters. The van der Waals surface area contributed by atoms with E-state index in [9.17, 15) is 8.42 Å². The molecular formula is C17H23N3O3S. The van der Waals surface area contributed by atoms with Crippen molar-refractivity contribution in [3.05, 3.63) is 47.7 Å². The van der Waals surface area contributed by atoms with Crippen LogP contribution in [0.4, 0.5) is 11.4 Å². The molecule has 0 saturated carbocycles. The van der Waals surface area contributed by atoms with Crippen molar-refractivity contribution in [1.82, 2.24) is 4.98 Å². The third-order valence-corrected chi connectivity index (χ3v) is 4.09. The maximum absolute atomic E-state index is 11.4. The van der Waals surface area contributed by atoms with Crippen LogP contribution in [0.3, 0.4) is 0 Å². The van der Waals surface area contributed by atoms with Gasteiger partial charge in [-0.2, -0.15) is 0 Å². The topological polar surface area (TPSA) is 80.3 Å². The zero-order valence-electron chi connectivity index (χ0n) is 14.3. The summed E-state index contributed by atoms with van der Waals surface area (Å²) in [4.78, 5) is 4.10. The van der Waals surface area contributed by atoms with E-state index in [0.717, 1.165) is 29.5 Å². The number of aryl methyl sites for hydroxylation is 1. The molecule has 130 valence electrons. The number of methoxy groups -OCH3 is 1. The SMILES string of the molecule is COc1cc(C[C@H](C)Nc2ccc(C)c(NS(C)(=O)=O)c2)ccn1. The average molecular weight is 349 g/mol. The van der Waals surface area contributed by atoms with Crippen LogP contribution in [0, 0.1) is 6.92 Å². The summed E-state index contributed by atoms with van der Waals surface area (Å²) in [5.41, 5.74) is 3.43. The van der Waals surface area contributed by atoms with Gasteiger partial charge in [-0.15, -0.1) is 0 Å². The van der Waals surface area contributed by atoms with Gasteiger partial charge in [0.2, 0.25) is 15.9 Å². The fourth-order valence-corrected chi connectivity index (χ4v) is 3.02. The summed E-state index contributed by atoms with van der Waals surface area (Å²) >= 11 is 0. The standard InChI is InChI=1S/C17H23N3O3S/c1-12-5-6-15(11-16(12)20-24(4,21)22)19-13(2)9-14-7-8-18-17(10-14)23-3/h5-8,10-11,13,19-20H,9H2,1-4H3/t13-/m0/s1. The first-order chi connectivity index (χ1) is 11.3. The molecule has 2 rings (SSSR count). The number of benzene rings is 1. The van der Waals surface area contributed by atoms with Crippen LogP contribution in [0.15, 0.2) is 36.5 Å². The van der Waals surface area contributed by atoms with Crippen molar-refractivity contribution in [1.29, 1.82) is 0 Å². The van der Waals surface area contributed by atoms with Gasteiger partial charge in [-0.25, -0.2) is 13.4 Å². The molecule has 0 aliphatic carbocycles. The summed E-state index contributed by atoms with van der Waals surface area (Å²) in [7, 11) is -1.71. The Labute approximate surface area is 143 Å². The maximum atomic E-state index is 11.4. The van der Waals surface area contributed by atoms with Crippen LogP contribution in [0.25, 0.3) is 0 Å². The molecule has 1 heterocycles. The third kappa shape index (κ3) is 5.42. The second-order valence-corrected chi connectivity index (χ2v) is 7.61. The van der Waals surface area contributed by atoms with Crippen molar-refractivity contribution >= 4 is 21.4 Å². The second kappa shape index (κ2) is 7.53. The van der Waals surface area contributed by atoms with E-state index in [-0.39, 0.29) is 6.04 Å². The number of sulfonamides is 1. The van der Waals surface area contributed by atoms with Crippen LogP contribution in [-0.2, 0) is 16.4 Å². The summed E-state index contributed by atoms with van der Waals surface area (Å²) < 4.78 is 30.5. The van der Waals surface area contributed by atoms with E-state index in [0.29, 0.717) is 11.6 Å². The van der Waals surface area contributed by atoms with Crippen LogP contribution >= 0.6 is 0 Å². The third-order valence-electron chi connectivity index (χ3n) is 3.50. The van der Waals surface area contributed by atoms with Crippen molar-refractivity contribution in [2.75, 3.05) is 23.4 Å². The van der Waals surface area contributed by atoms with Gasteiger partial charge in [0.05, 0.1) is 19.1 Å². The molecule has 1 aromatic heterocycles. The highest BCUT2D eigenvalue weighted by atomic mass is 32.2.